The van der Waals surface area contributed by atoms with E-state index in [1.807, 2.05) is 12.1 Å². The zero-order chi connectivity index (χ0) is 18.7. The number of hydrogen-bond donors (Lipinski definition) is 1. The molecule has 1 aliphatic rings. The Labute approximate surface area is 161 Å². The molecule has 1 heterocycles. The molecular formula is C19H18Cl2N2O3. The molecular weight excluding hydrogens is 375 g/mol. The minimum absolute atomic E-state index is 0.129. The Morgan fingerprint density at radius 2 is 1.92 bits per heavy atom. The normalized spacial score (nSPS) is 15.0. The minimum Gasteiger partial charge on any atom is -0.481 e. The average molecular weight is 393 g/mol. The van der Waals surface area contributed by atoms with Crippen LogP contribution in [0, 0.1) is 0 Å². The van der Waals surface area contributed by atoms with Gasteiger partial charge in [0.1, 0.15) is 5.75 Å². The van der Waals surface area contributed by atoms with Gasteiger partial charge in [-0.25, -0.2) is 0 Å². The number of hydrogen-bond acceptors (Lipinski definition) is 3. The molecule has 1 N–H and O–H groups in total. The highest BCUT2D eigenvalue weighted by atomic mass is 35.5. The van der Waals surface area contributed by atoms with Crippen molar-refractivity contribution in [2.45, 2.75) is 25.9 Å². The van der Waals surface area contributed by atoms with E-state index in [1.54, 1.807) is 42.2 Å². The zero-order valence-corrected chi connectivity index (χ0v) is 15.7. The summed E-state index contributed by atoms with van der Waals surface area (Å²) in [6, 6.07) is 12.0. The van der Waals surface area contributed by atoms with Crippen molar-refractivity contribution in [3.8, 4) is 5.75 Å². The van der Waals surface area contributed by atoms with Crippen LogP contribution in [0.5, 0.6) is 5.75 Å². The fourth-order valence-electron chi connectivity index (χ4n) is 2.71. The highest BCUT2D eigenvalue weighted by Crippen LogP contribution is 2.27. The Morgan fingerprint density at radius 3 is 2.58 bits per heavy atom. The maximum atomic E-state index is 12.3. The molecule has 1 fully saturated rings. The molecule has 5 nitrogen and oxygen atoms in total. The predicted molar refractivity (Wildman–Crippen MR) is 103 cm³/mol. The first-order valence-corrected chi connectivity index (χ1v) is 9.02. The average Bonchev–Trinajstić information content (AvgIpc) is 3.04. The number of nitrogens with one attached hydrogen (secondary N) is 1. The topological polar surface area (TPSA) is 58.6 Å². The van der Waals surface area contributed by atoms with E-state index in [2.05, 4.69) is 5.32 Å². The van der Waals surface area contributed by atoms with E-state index < -0.39 is 6.10 Å². The molecule has 136 valence electrons. The lowest BCUT2D eigenvalue weighted by molar-refractivity contribution is -0.122. The molecule has 26 heavy (non-hydrogen) atoms. The first-order chi connectivity index (χ1) is 12.4. The van der Waals surface area contributed by atoms with E-state index in [0.29, 0.717) is 27.9 Å². The van der Waals surface area contributed by atoms with E-state index >= 15 is 0 Å². The third kappa shape index (κ3) is 4.29. The smallest absolute Gasteiger partial charge is 0.265 e. The summed E-state index contributed by atoms with van der Waals surface area (Å²) in [5.41, 5.74) is 1.27. The van der Waals surface area contributed by atoms with Gasteiger partial charge in [0.15, 0.2) is 6.10 Å². The van der Waals surface area contributed by atoms with Crippen molar-refractivity contribution >= 4 is 46.4 Å². The molecule has 7 heteroatoms. The van der Waals surface area contributed by atoms with E-state index in [1.165, 1.54) is 0 Å². The molecule has 1 atom stereocenters. The van der Waals surface area contributed by atoms with Crippen molar-refractivity contribution in [1.29, 1.82) is 0 Å². The molecule has 0 saturated carbocycles. The summed E-state index contributed by atoms with van der Waals surface area (Å²) in [6.45, 7) is 2.38. The van der Waals surface area contributed by atoms with E-state index in [9.17, 15) is 9.59 Å². The molecule has 0 unspecified atom stereocenters. The van der Waals surface area contributed by atoms with Crippen molar-refractivity contribution in [2.75, 3.05) is 16.8 Å². The lowest BCUT2D eigenvalue weighted by Crippen LogP contribution is -2.30. The summed E-state index contributed by atoms with van der Waals surface area (Å²) in [7, 11) is 0. The summed E-state index contributed by atoms with van der Waals surface area (Å²) < 4.78 is 5.67. The first-order valence-electron chi connectivity index (χ1n) is 8.27. The van der Waals surface area contributed by atoms with Crippen LogP contribution in [0.2, 0.25) is 10.0 Å². The van der Waals surface area contributed by atoms with Gasteiger partial charge in [-0.05, 0) is 55.8 Å². The second kappa shape index (κ2) is 7.98. The standard InChI is InChI=1S/C19H18Cl2N2O3/c1-12(19(25)22-17-11-13(20)4-9-16(17)21)26-15-7-5-14(6-8-15)23-10-2-3-18(23)24/h4-9,11-12H,2-3,10H2,1H3,(H,22,25)/t12-/m0/s1. The second-order valence-electron chi connectivity index (χ2n) is 6.02. The van der Waals surface area contributed by atoms with Gasteiger partial charge in [0.05, 0.1) is 10.7 Å². The van der Waals surface area contributed by atoms with Gasteiger partial charge in [-0.2, -0.15) is 0 Å². The monoisotopic (exact) mass is 392 g/mol. The van der Waals surface area contributed by atoms with Gasteiger partial charge in [0.25, 0.3) is 5.91 Å². The zero-order valence-electron chi connectivity index (χ0n) is 14.2. The third-order valence-electron chi connectivity index (χ3n) is 4.09. The van der Waals surface area contributed by atoms with Crippen LogP contribution in [0.3, 0.4) is 0 Å². The lowest BCUT2D eigenvalue weighted by atomic mass is 10.2. The molecule has 0 spiro atoms. The predicted octanol–water partition coefficient (Wildman–Crippen LogP) is 4.53. The maximum Gasteiger partial charge on any atom is 0.265 e. The number of benzene rings is 2. The number of carbonyl (C=O) groups is 2. The van der Waals surface area contributed by atoms with Gasteiger partial charge < -0.3 is 15.0 Å². The molecule has 2 aromatic carbocycles. The van der Waals surface area contributed by atoms with Crippen LogP contribution in [0.15, 0.2) is 42.5 Å². The van der Waals surface area contributed by atoms with Crippen LogP contribution < -0.4 is 15.0 Å². The van der Waals surface area contributed by atoms with Gasteiger partial charge in [-0.1, -0.05) is 23.2 Å². The van der Waals surface area contributed by atoms with E-state index in [0.717, 1.165) is 18.7 Å². The van der Waals surface area contributed by atoms with Crippen LogP contribution in [0.25, 0.3) is 0 Å². The number of nitrogens with zero attached hydrogens (tertiary/aromatic N) is 1. The fraction of sp³-hybridized carbons (Fsp3) is 0.263. The van der Waals surface area contributed by atoms with E-state index in [-0.39, 0.29) is 11.8 Å². The fourth-order valence-corrected chi connectivity index (χ4v) is 3.05. The Bertz CT molecular complexity index is 824. The quantitative estimate of drug-likeness (QED) is 0.812. The van der Waals surface area contributed by atoms with Gasteiger partial charge in [-0.3, -0.25) is 9.59 Å². The van der Waals surface area contributed by atoms with Gasteiger partial charge in [0, 0.05) is 23.7 Å². The first kappa shape index (κ1) is 18.5. The van der Waals surface area contributed by atoms with Crippen molar-refractivity contribution in [3.05, 3.63) is 52.5 Å². The number of halogens is 2. The SMILES string of the molecule is C[C@H](Oc1ccc(N2CCCC2=O)cc1)C(=O)Nc1cc(Cl)ccc1Cl. The summed E-state index contributed by atoms with van der Waals surface area (Å²) in [6.07, 6.45) is 0.728. The minimum atomic E-state index is -0.732. The Balaban J connectivity index is 1.62. The Morgan fingerprint density at radius 1 is 1.19 bits per heavy atom. The number of anilines is 2. The molecule has 0 bridgehead atoms. The van der Waals surface area contributed by atoms with Gasteiger partial charge >= 0.3 is 0 Å². The van der Waals surface area contributed by atoms with Crippen molar-refractivity contribution in [3.63, 3.8) is 0 Å². The summed E-state index contributed by atoms with van der Waals surface area (Å²) in [4.78, 5) is 25.8. The van der Waals surface area contributed by atoms with Gasteiger partial charge in [0.2, 0.25) is 5.91 Å². The van der Waals surface area contributed by atoms with Crippen LogP contribution in [-0.4, -0.2) is 24.5 Å². The number of amides is 2. The molecule has 1 saturated heterocycles. The molecule has 3 rings (SSSR count). The highest BCUT2D eigenvalue weighted by Gasteiger charge is 2.22. The van der Waals surface area contributed by atoms with Gasteiger partial charge in [-0.15, -0.1) is 0 Å². The molecule has 1 aliphatic heterocycles. The number of rotatable bonds is 5. The maximum absolute atomic E-state index is 12.3. The molecule has 0 radical (unpaired) electrons. The summed E-state index contributed by atoms with van der Waals surface area (Å²) >= 11 is 12.0. The van der Waals surface area contributed by atoms with Crippen LogP contribution in [0.1, 0.15) is 19.8 Å². The highest BCUT2D eigenvalue weighted by molar-refractivity contribution is 6.35. The molecule has 2 aromatic rings. The molecule has 0 aromatic heterocycles. The van der Waals surface area contributed by atoms with Crippen molar-refractivity contribution in [1.82, 2.24) is 0 Å². The summed E-state index contributed by atoms with van der Waals surface area (Å²) in [5, 5.41) is 3.57. The Kier molecular flexibility index (Phi) is 5.69. The lowest BCUT2D eigenvalue weighted by Gasteiger charge is -2.18. The summed E-state index contributed by atoms with van der Waals surface area (Å²) in [5.74, 6) is 0.331. The molecule has 0 aliphatic carbocycles. The number of ether oxygens (including phenoxy) is 1. The van der Waals surface area contributed by atoms with Crippen LogP contribution >= 0.6 is 23.2 Å². The third-order valence-corrected chi connectivity index (χ3v) is 4.65. The number of carbonyl (C=O) groups excluding carboxylic acids is 2. The second-order valence-corrected chi connectivity index (χ2v) is 6.86. The van der Waals surface area contributed by atoms with Crippen molar-refractivity contribution in [2.24, 2.45) is 0 Å². The largest absolute Gasteiger partial charge is 0.481 e. The van der Waals surface area contributed by atoms with Crippen LogP contribution in [-0.2, 0) is 9.59 Å². The van der Waals surface area contributed by atoms with Crippen LogP contribution in [0.4, 0.5) is 11.4 Å². The van der Waals surface area contributed by atoms with E-state index in [4.69, 9.17) is 27.9 Å². The van der Waals surface area contributed by atoms with Crippen molar-refractivity contribution < 1.29 is 14.3 Å². The Hall–Kier alpha value is -2.24. The molecule has 2 amide bonds.